The second-order valence-electron chi connectivity index (χ2n) is 3.48. The Morgan fingerprint density at radius 3 is 2.53 bits per heavy atom. The number of carboxylic acid groups (broad SMARTS) is 1. The molecule has 1 aromatic carbocycles. The van der Waals surface area contributed by atoms with Crippen LogP contribution in [0.5, 0.6) is 5.75 Å². The Morgan fingerprint density at radius 2 is 1.94 bits per heavy atom. The van der Waals surface area contributed by atoms with Gasteiger partial charge in [0.15, 0.2) is 0 Å². The smallest absolute Gasteiger partial charge is 0.336 e. The highest BCUT2D eigenvalue weighted by atomic mass is 16.4. The van der Waals surface area contributed by atoms with E-state index in [1.165, 1.54) is 36.5 Å². The number of carbonyl (C=O) groups is 1. The number of aromatic carboxylic acids is 1. The third-order valence-electron chi connectivity index (χ3n) is 2.33. The highest BCUT2D eigenvalue weighted by molar-refractivity contribution is 5.96. The Kier molecular flexibility index (Phi) is 2.66. The van der Waals surface area contributed by atoms with E-state index in [2.05, 4.69) is 4.98 Å². The molecule has 1 heterocycles. The van der Waals surface area contributed by atoms with E-state index >= 15 is 0 Å². The minimum atomic E-state index is -1.14. The zero-order valence-electron chi connectivity index (χ0n) is 8.68. The van der Waals surface area contributed by atoms with Crippen molar-refractivity contribution < 1.29 is 15.0 Å². The summed E-state index contributed by atoms with van der Waals surface area (Å²) in [6.45, 7) is 0. The molecule has 2 aromatic rings. The molecular weight excluding hydrogens is 222 g/mol. The standard InChI is InChI=1S/C12H9NO4/c14-8-2-3-9(10(5-8)12(16)17)7-1-4-11(15)13-6-7/h1-6,14H,(H,13,15)(H,16,17). The number of aromatic amines is 1. The van der Waals surface area contributed by atoms with Crippen LogP contribution in [-0.2, 0) is 0 Å². The second kappa shape index (κ2) is 4.13. The first-order valence-corrected chi connectivity index (χ1v) is 4.83. The lowest BCUT2D eigenvalue weighted by molar-refractivity contribution is 0.0697. The van der Waals surface area contributed by atoms with Gasteiger partial charge in [-0.3, -0.25) is 4.79 Å². The van der Waals surface area contributed by atoms with Crippen molar-refractivity contribution in [2.75, 3.05) is 0 Å². The van der Waals surface area contributed by atoms with Crippen molar-refractivity contribution in [3.8, 4) is 16.9 Å². The predicted octanol–water partition coefficient (Wildman–Crippen LogP) is 1.45. The molecule has 0 unspecified atom stereocenters. The number of pyridine rings is 1. The number of phenols is 1. The van der Waals surface area contributed by atoms with Crippen LogP contribution < -0.4 is 5.56 Å². The van der Waals surface area contributed by atoms with Crippen LogP contribution in [0.3, 0.4) is 0 Å². The van der Waals surface area contributed by atoms with Crippen LogP contribution in [0.1, 0.15) is 10.4 Å². The van der Waals surface area contributed by atoms with Crippen molar-refractivity contribution in [2.24, 2.45) is 0 Å². The lowest BCUT2D eigenvalue weighted by Gasteiger charge is -2.06. The molecule has 0 saturated carbocycles. The topological polar surface area (TPSA) is 90.4 Å². The van der Waals surface area contributed by atoms with Crippen molar-refractivity contribution in [3.63, 3.8) is 0 Å². The predicted molar refractivity (Wildman–Crippen MR) is 61.1 cm³/mol. The Bertz CT molecular complexity index is 610. The van der Waals surface area contributed by atoms with Gasteiger partial charge in [-0.2, -0.15) is 0 Å². The molecule has 0 atom stereocenters. The number of hydrogen-bond acceptors (Lipinski definition) is 3. The van der Waals surface area contributed by atoms with Crippen molar-refractivity contribution in [1.82, 2.24) is 4.98 Å². The zero-order chi connectivity index (χ0) is 12.4. The van der Waals surface area contributed by atoms with Crippen molar-refractivity contribution in [2.45, 2.75) is 0 Å². The fourth-order valence-electron chi connectivity index (χ4n) is 1.54. The number of hydrogen-bond donors (Lipinski definition) is 3. The van der Waals surface area contributed by atoms with E-state index in [-0.39, 0.29) is 16.9 Å². The van der Waals surface area contributed by atoms with Gasteiger partial charge in [-0.25, -0.2) is 4.79 Å². The third kappa shape index (κ3) is 2.17. The zero-order valence-corrected chi connectivity index (χ0v) is 8.68. The molecule has 0 spiro atoms. The van der Waals surface area contributed by atoms with E-state index in [4.69, 9.17) is 5.11 Å². The summed E-state index contributed by atoms with van der Waals surface area (Å²) in [6.07, 6.45) is 1.43. The van der Waals surface area contributed by atoms with Crippen LogP contribution in [0.2, 0.25) is 0 Å². The van der Waals surface area contributed by atoms with Gasteiger partial charge in [-0.05, 0) is 35.4 Å². The highest BCUT2D eigenvalue weighted by Gasteiger charge is 2.12. The molecule has 0 aliphatic heterocycles. The number of aromatic hydroxyl groups is 1. The van der Waals surface area contributed by atoms with Crippen LogP contribution in [0.4, 0.5) is 0 Å². The van der Waals surface area contributed by atoms with Crippen molar-refractivity contribution >= 4 is 5.97 Å². The molecular formula is C12H9NO4. The molecule has 5 heteroatoms. The van der Waals surface area contributed by atoms with Crippen LogP contribution in [0.15, 0.2) is 41.3 Å². The fourth-order valence-corrected chi connectivity index (χ4v) is 1.54. The van der Waals surface area contributed by atoms with Gasteiger partial charge >= 0.3 is 5.97 Å². The maximum absolute atomic E-state index is 11.0. The fraction of sp³-hybridized carbons (Fsp3) is 0. The summed E-state index contributed by atoms with van der Waals surface area (Å²) in [6, 6.07) is 6.90. The van der Waals surface area contributed by atoms with Crippen molar-refractivity contribution in [1.29, 1.82) is 0 Å². The van der Waals surface area contributed by atoms with Gasteiger partial charge in [-0.1, -0.05) is 0 Å². The molecule has 0 fully saturated rings. The average molecular weight is 231 g/mol. The lowest BCUT2D eigenvalue weighted by atomic mass is 10.0. The lowest BCUT2D eigenvalue weighted by Crippen LogP contribution is -2.03. The molecule has 0 saturated heterocycles. The molecule has 3 N–H and O–H groups in total. The molecule has 0 aliphatic carbocycles. The van der Waals surface area contributed by atoms with Gasteiger partial charge in [0.2, 0.25) is 5.56 Å². The van der Waals surface area contributed by atoms with Gasteiger partial charge in [0.05, 0.1) is 5.56 Å². The van der Waals surface area contributed by atoms with E-state index in [1.807, 2.05) is 0 Å². The first-order valence-electron chi connectivity index (χ1n) is 4.83. The van der Waals surface area contributed by atoms with E-state index in [1.54, 1.807) is 0 Å². The number of aromatic nitrogens is 1. The summed E-state index contributed by atoms with van der Waals surface area (Å²) in [7, 11) is 0. The van der Waals surface area contributed by atoms with E-state index in [9.17, 15) is 14.7 Å². The monoisotopic (exact) mass is 231 g/mol. The third-order valence-corrected chi connectivity index (χ3v) is 2.33. The Morgan fingerprint density at radius 1 is 1.18 bits per heavy atom. The highest BCUT2D eigenvalue weighted by Crippen LogP contribution is 2.25. The quantitative estimate of drug-likeness (QED) is 0.729. The summed E-state index contributed by atoms with van der Waals surface area (Å²) in [5.74, 6) is -1.25. The summed E-state index contributed by atoms with van der Waals surface area (Å²) in [5.41, 5.74) is 0.731. The molecule has 1 aromatic heterocycles. The average Bonchev–Trinajstić information content (AvgIpc) is 2.30. The van der Waals surface area contributed by atoms with Gasteiger partial charge in [0, 0.05) is 12.3 Å². The number of nitrogens with one attached hydrogen (secondary N) is 1. The van der Waals surface area contributed by atoms with E-state index in [0.29, 0.717) is 11.1 Å². The van der Waals surface area contributed by atoms with Crippen molar-refractivity contribution in [3.05, 3.63) is 52.4 Å². The minimum absolute atomic E-state index is 0.0166. The Balaban J connectivity index is 2.62. The van der Waals surface area contributed by atoms with Gasteiger partial charge < -0.3 is 15.2 Å². The maximum atomic E-state index is 11.0. The number of rotatable bonds is 2. The van der Waals surface area contributed by atoms with Crippen LogP contribution in [0, 0.1) is 0 Å². The molecule has 17 heavy (non-hydrogen) atoms. The van der Waals surface area contributed by atoms with Gasteiger partial charge in [-0.15, -0.1) is 0 Å². The van der Waals surface area contributed by atoms with E-state index in [0.717, 1.165) is 0 Å². The first-order chi connectivity index (χ1) is 8.08. The molecule has 0 bridgehead atoms. The molecule has 0 aliphatic rings. The SMILES string of the molecule is O=C(O)c1cc(O)ccc1-c1ccc(=O)[nH]c1. The minimum Gasteiger partial charge on any atom is -0.508 e. The normalized spacial score (nSPS) is 10.1. The molecule has 86 valence electrons. The summed E-state index contributed by atoms with van der Waals surface area (Å²) < 4.78 is 0. The van der Waals surface area contributed by atoms with Crippen LogP contribution >= 0.6 is 0 Å². The Hall–Kier alpha value is -2.56. The van der Waals surface area contributed by atoms with E-state index < -0.39 is 5.97 Å². The second-order valence-corrected chi connectivity index (χ2v) is 3.48. The van der Waals surface area contributed by atoms with Crippen LogP contribution in [-0.4, -0.2) is 21.2 Å². The molecule has 0 amide bonds. The first kappa shape index (κ1) is 10.9. The summed E-state index contributed by atoms with van der Waals surface area (Å²) >= 11 is 0. The van der Waals surface area contributed by atoms with Crippen LogP contribution in [0.25, 0.3) is 11.1 Å². The number of phenolic OH excluding ortho intramolecular Hbond substituents is 1. The Labute approximate surface area is 96.0 Å². The molecule has 0 radical (unpaired) electrons. The number of benzene rings is 1. The molecule has 5 nitrogen and oxygen atoms in total. The number of H-pyrrole nitrogens is 1. The number of carboxylic acids is 1. The van der Waals surface area contributed by atoms with Gasteiger partial charge in [0.1, 0.15) is 5.75 Å². The summed E-state index contributed by atoms with van der Waals surface area (Å²) in [5, 5.41) is 18.3. The largest absolute Gasteiger partial charge is 0.508 e. The summed E-state index contributed by atoms with van der Waals surface area (Å²) in [4.78, 5) is 24.4. The van der Waals surface area contributed by atoms with Gasteiger partial charge in [0.25, 0.3) is 0 Å². The maximum Gasteiger partial charge on any atom is 0.336 e. The molecule has 2 rings (SSSR count).